The standard InChI is InChI=1S/C61H105NO10/c1-3-5-7-9-11-13-14-15-16-17-20-23-26-29-33-37-41-45-49-57(66)70-50-46-42-38-34-30-27-24-21-18-19-22-25-28-32-36-40-44-48-56(65)62-53(54(64)47-43-39-35-31-12-10-8-6-4-2)52-71-61-60(69)59(68)58(67)55(51-63)72-61/h4,6,12-14,16-18,21,27,30-31,43,47,53-55,58-61,63-64,67-69H,3,5,7-11,15,19-20,22-26,28-29,32-42,44-46,48-52H2,1-2H3,(H,62,65)/b6-4+,14-13-,17-16-,21-18-,30-27-,31-12+,47-43+. The number of allylic oxidation sites excluding steroid dienone is 13. The second-order valence-electron chi connectivity index (χ2n) is 19.6. The highest BCUT2D eigenvalue weighted by Gasteiger charge is 2.44. The summed E-state index contributed by atoms with van der Waals surface area (Å²) in [4.78, 5) is 25.1. The molecule has 11 nitrogen and oxygen atoms in total. The first-order valence-electron chi connectivity index (χ1n) is 28.8. The van der Waals surface area contributed by atoms with E-state index >= 15 is 0 Å². The Labute approximate surface area is 438 Å². The predicted octanol–water partition coefficient (Wildman–Crippen LogP) is 13.0. The van der Waals surface area contributed by atoms with E-state index in [9.17, 15) is 35.1 Å². The van der Waals surface area contributed by atoms with Crippen molar-refractivity contribution in [1.29, 1.82) is 0 Å². The molecule has 72 heavy (non-hydrogen) atoms. The third kappa shape index (κ3) is 39.3. The zero-order valence-electron chi connectivity index (χ0n) is 45.4. The van der Waals surface area contributed by atoms with Crippen LogP contribution in [0.25, 0.3) is 0 Å². The van der Waals surface area contributed by atoms with Crippen molar-refractivity contribution in [3.8, 4) is 0 Å². The van der Waals surface area contributed by atoms with Gasteiger partial charge in [-0.05, 0) is 122 Å². The lowest BCUT2D eigenvalue weighted by molar-refractivity contribution is -0.302. The first kappa shape index (κ1) is 66.9. The van der Waals surface area contributed by atoms with Gasteiger partial charge in [0.15, 0.2) is 6.29 Å². The summed E-state index contributed by atoms with van der Waals surface area (Å²) in [6, 6.07) is -0.848. The van der Waals surface area contributed by atoms with E-state index in [1.807, 2.05) is 19.1 Å². The second kappa shape index (κ2) is 50.0. The van der Waals surface area contributed by atoms with Gasteiger partial charge in [-0.3, -0.25) is 9.59 Å². The summed E-state index contributed by atoms with van der Waals surface area (Å²) in [5, 5.41) is 54.1. The van der Waals surface area contributed by atoms with E-state index in [0.717, 1.165) is 109 Å². The van der Waals surface area contributed by atoms with Crippen molar-refractivity contribution in [2.24, 2.45) is 0 Å². The highest BCUT2D eigenvalue weighted by molar-refractivity contribution is 5.76. The van der Waals surface area contributed by atoms with Crippen molar-refractivity contribution in [2.45, 2.75) is 269 Å². The number of carbonyl (C=O) groups is 2. The molecule has 0 bridgehead atoms. The number of amides is 1. The Morgan fingerprint density at radius 3 is 1.53 bits per heavy atom. The van der Waals surface area contributed by atoms with Gasteiger partial charge in [-0.15, -0.1) is 0 Å². The van der Waals surface area contributed by atoms with E-state index in [-0.39, 0.29) is 18.5 Å². The molecule has 0 aromatic carbocycles. The van der Waals surface area contributed by atoms with Crippen LogP contribution in [-0.4, -0.2) is 100 Å². The van der Waals surface area contributed by atoms with Crippen molar-refractivity contribution in [2.75, 3.05) is 19.8 Å². The molecular weight excluding hydrogens is 907 g/mol. The van der Waals surface area contributed by atoms with Crippen LogP contribution in [0.15, 0.2) is 85.1 Å². The van der Waals surface area contributed by atoms with Gasteiger partial charge in [-0.2, -0.15) is 0 Å². The molecule has 1 rings (SSSR count). The first-order valence-corrected chi connectivity index (χ1v) is 28.8. The summed E-state index contributed by atoms with van der Waals surface area (Å²) in [5.41, 5.74) is 0. The Hall–Kier alpha value is -3.16. The number of ether oxygens (including phenoxy) is 3. The molecule has 11 heteroatoms. The minimum atomic E-state index is -1.59. The van der Waals surface area contributed by atoms with E-state index in [1.54, 1.807) is 6.08 Å². The summed E-state index contributed by atoms with van der Waals surface area (Å²) in [6.45, 7) is 3.99. The van der Waals surface area contributed by atoms with Crippen LogP contribution in [0, 0.1) is 0 Å². The number of hydrogen-bond acceptors (Lipinski definition) is 10. The molecule has 1 aliphatic heterocycles. The lowest BCUT2D eigenvalue weighted by atomic mass is 9.99. The molecule has 0 spiro atoms. The van der Waals surface area contributed by atoms with Gasteiger partial charge in [-0.25, -0.2) is 0 Å². The highest BCUT2D eigenvalue weighted by atomic mass is 16.7. The second-order valence-corrected chi connectivity index (χ2v) is 19.6. The molecule has 6 N–H and O–H groups in total. The molecule has 1 saturated heterocycles. The maximum absolute atomic E-state index is 13.0. The average Bonchev–Trinajstić information content (AvgIpc) is 3.38. The largest absolute Gasteiger partial charge is 0.466 e. The summed E-state index contributed by atoms with van der Waals surface area (Å²) in [5.74, 6) is -0.261. The number of carbonyl (C=O) groups excluding carboxylic acids is 2. The Kier molecular flexibility index (Phi) is 46.4. The fraction of sp³-hybridized carbons (Fsp3) is 0.738. The SMILES string of the molecule is C/C=C/CC/C=C/CC/C=C/C(O)C(COC1OC(CO)C(O)C(O)C1O)NC(=O)CCCCCCCCC/C=C\C/C=C\CCCCCOC(=O)CCCCCCCCC/C=C\C/C=C\CCCCCC. The molecule has 0 aromatic rings. The monoisotopic (exact) mass is 1010 g/mol. The Bertz CT molecular complexity index is 1470. The van der Waals surface area contributed by atoms with Crippen LogP contribution in [-0.2, 0) is 23.8 Å². The van der Waals surface area contributed by atoms with E-state index < -0.39 is 49.5 Å². The van der Waals surface area contributed by atoms with Crippen molar-refractivity contribution in [3.05, 3.63) is 85.1 Å². The van der Waals surface area contributed by atoms with Gasteiger partial charge in [0.2, 0.25) is 5.91 Å². The highest BCUT2D eigenvalue weighted by Crippen LogP contribution is 2.23. The Morgan fingerprint density at radius 1 is 0.542 bits per heavy atom. The maximum atomic E-state index is 13.0. The third-order valence-corrected chi connectivity index (χ3v) is 13.0. The Balaban J connectivity index is 2.07. The van der Waals surface area contributed by atoms with Crippen molar-refractivity contribution >= 4 is 11.9 Å². The van der Waals surface area contributed by atoms with Gasteiger partial charge in [0.05, 0.1) is 32.0 Å². The van der Waals surface area contributed by atoms with E-state index in [0.29, 0.717) is 25.9 Å². The van der Waals surface area contributed by atoms with Gasteiger partial charge in [0, 0.05) is 12.8 Å². The third-order valence-electron chi connectivity index (χ3n) is 13.0. The molecule has 0 saturated carbocycles. The maximum Gasteiger partial charge on any atom is 0.305 e. The summed E-state index contributed by atoms with van der Waals surface area (Å²) >= 11 is 0. The minimum absolute atomic E-state index is 0.0425. The van der Waals surface area contributed by atoms with Crippen LogP contribution in [0.5, 0.6) is 0 Å². The number of rotatable bonds is 48. The van der Waals surface area contributed by atoms with Crippen molar-refractivity contribution < 1.29 is 49.3 Å². The number of aliphatic hydroxyl groups is 5. The lowest BCUT2D eigenvalue weighted by Gasteiger charge is -2.40. The fourth-order valence-corrected chi connectivity index (χ4v) is 8.41. The smallest absolute Gasteiger partial charge is 0.305 e. The molecule has 7 unspecified atom stereocenters. The van der Waals surface area contributed by atoms with Crippen LogP contribution >= 0.6 is 0 Å². The molecule has 1 amide bonds. The van der Waals surface area contributed by atoms with Crippen LogP contribution in [0.2, 0.25) is 0 Å². The molecule has 1 heterocycles. The van der Waals surface area contributed by atoms with Crippen LogP contribution in [0.4, 0.5) is 0 Å². The number of hydrogen-bond donors (Lipinski definition) is 6. The number of unbranched alkanes of at least 4 members (excludes halogenated alkanes) is 23. The van der Waals surface area contributed by atoms with E-state index in [4.69, 9.17) is 14.2 Å². The zero-order chi connectivity index (χ0) is 52.4. The van der Waals surface area contributed by atoms with Gasteiger partial charge < -0.3 is 45.1 Å². The predicted molar refractivity (Wildman–Crippen MR) is 296 cm³/mol. The van der Waals surface area contributed by atoms with E-state index in [1.165, 1.54) is 83.5 Å². The van der Waals surface area contributed by atoms with Gasteiger partial charge in [0.1, 0.15) is 24.4 Å². The van der Waals surface area contributed by atoms with Crippen molar-refractivity contribution in [3.63, 3.8) is 0 Å². The molecular formula is C61H105NO10. The average molecular weight is 1010 g/mol. The normalized spacial score (nSPS) is 19.7. The van der Waals surface area contributed by atoms with Crippen LogP contribution in [0.3, 0.4) is 0 Å². The molecule has 7 atom stereocenters. The van der Waals surface area contributed by atoms with Crippen molar-refractivity contribution in [1.82, 2.24) is 5.32 Å². The lowest BCUT2D eigenvalue weighted by Crippen LogP contribution is -2.60. The molecule has 414 valence electrons. The molecule has 0 radical (unpaired) electrons. The zero-order valence-corrected chi connectivity index (χ0v) is 45.4. The minimum Gasteiger partial charge on any atom is -0.466 e. The topological polar surface area (TPSA) is 175 Å². The Morgan fingerprint density at radius 2 is 1.00 bits per heavy atom. The molecule has 0 aliphatic carbocycles. The van der Waals surface area contributed by atoms with Gasteiger partial charge in [-0.1, -0.05) is 175 Å². The van der Waals surface area contributed by atoms with Gasteiger partial charge >= 0.3 is 5.97 Å². The quantitative estimate of drug-likeness (QED) is 0.0195. The number of nitrogens with one attached hydrogen (secondary N) is 1. The van der Waals surface area contributed by atoms with Crippen LogP contribution in [0.1, 0.15) is 226 Å². The fourth-order valence-electron chi connectivity index (χ4n) is 8.41. The number of esters is 1. The first-order chi connectivity index (χ1) is 35.2. The van der Waals surface area contributed by atoms with Crippen LogP contribution < -0.4 is 5.32 Å². The summed E-state index contributed by atoms with van der Waals surface area (Å²) in [7, 11) is 0. The molecule has 0 aromatic heterocycles. The molecule has 1 aliphatic rings. The summed E-state index contributed by atoms with van der Waals surface area (Å²) in [6.07, 6.45) is 57.0. The number of aliphatic hydroxyl groups excluding tert-OH is 5. The van der Waals surface area contributed by atoms with Gasteiger partial charge in [0.25, 0.3) is 0 Å². The summed E-state index contributed by atoms with van der Waals surface area (Å²) < 4.78 is 16.6. The van der Waals surface area contributed by atoms with E-state index in [2.05, 4.69) is 79.1 Å². The molecule has 1 fully saturated rings.